The highest BCUT2D eigenvalue weighted by Gasteiger charge is 2.26. The van der Waals surface area contributed by atoms with Crippen molar-refractivity contribution in [1.29, 1.82) is 0 Å². The molecule has 1 aliphatic carbocycles. The molecule has 2 heterocycles. The highest BCUT2D eigenvalue weighted by molar-refractivity contribution is 7.13. The molecule has 1 saturated carbocycles. The van der Waals surface area contributed by atoms with Crippen LogP contribution in [-0.2, 0) is 4.79 Å². The quantitative estimate of drug-likeness (QED) is 0.638. The summed E-state index contributed by atoms with van der Waals surface area (Å²) in [6.07, 6.45) is 9.33. The van der Waals surface area contributed by atoms with Crippen molar-refractivity contribution >= 4 is 22.4 Å². The molecule has 0 radical (unpaired) electrons. The Bertz CT molecular complexity index is 540. The van der Waals surface area contributed by atoms with Gasteiger partial charge in [0.25, 0.3) is 0 Å². The van der Waals surface area contributed by atoms with Gasteiger partial charge in [-0.3, -0.25) is 0 Å². The summed E-state index contributed by atoms with van der Waals surface area (Å²) in [6, 6.07) is 0.438. The molecule has 0 bridgehead atoms. The van der Waals surface area contributed by atoms with Gasteiger partial charge < -0.3 is 15.0 Å². The van der Waals surface area contributed by atoms with Gasteiger partial charge >= 0.3 is 5.97 Å². The van der Waals surface area contributed by atoms with Crippen LogP contribution < -0.4 is 10.1 Å². The Balaban J connectivity index is 1.44. The third-order valence-electron chi connectivity index (χ3n) is 4.70. The van der Waals surface area contributed by atoms with Crippen LogP contribution in [-0.4, -0.2) is 41.5 Å². The van der Waals surface area contributed by atoms with Crippen molar-refractivity contribution in [3.63, 3.8) is 0 Å². The second kappa shape index (κ2) is 7.93. The summed E-state index contributed by atoms with van der Waals surface area (Å²) in [5.41, 5.74) is 0. The minimum atomic E-state index is -0.471. The summed E-state index contributed by atoms with van der Waals surface area (Å²) in [5, 5.41) is 6.04. The number of anilines is 1. The van der Waals surface area contributed by atoms with E-state index in [4.69, 9.17) is 4.74 Å². The van der Waals surface area contributed by atoms with Gasteiger partial charge in [-0.25, -0.2) is 4.79 Å². The van der Waals surface area contributed by atoms with E-state index >= 15 is 0 Å². The van der Waals surface area contributed by atoms with Crippen LogP contribution in [0.1, 0.15) is 38.5 Å². The molecule has 2 fully saturated rings. The Kier molecular flexibility index (Phi) is 5.67. The van der Waals surface area contributed by atoms with E-state index in [1.54, 1.807) is 5.38 Å². The van der Waals surface area contributed by atoms with Gasteiger partial charge in [-0.15, -0.1) is 11.3 Å². The van der Waals surface area contributed by atoms with Gasteiger partial charge in [-0.2, -0.15) is 4.98 Å². The van der Waals surface area contributed by atoms with Gasteiger partial charge in [-0.05, 0) is 25.2 Å². The van der Waals surface area contributed by atoms with Gasteiger partial charge in [-0.1, -0.05) is 25.8 Å². The zero-order valence-electron chi connectivity index (χ0n) is 13.5. The first-order valence-electron chi connectivity index (χ1n) is 8.51. The zero-order valence-corrected chi connectivity index (χ0v) is 14.3. The number of ether oxygens (including phenoxy) is 1. The van der Waals surface area contributed by atoms with E-state index < -0.39 is 5.97 Å². The number of nitrogens with zero attached hydrogens (tertiary/aromatic N) is 2. The molecular weight excluding hydrogens is 310 g/mol. The topological polar surface area (TPSA) is 54.5 Å². The summed E-state index contributed by atoms with van der Waals surface area (Å²) < 4.78 is 5.02. The number of esters is 1. The smallest absolute Gasteiger partial charge is 0.336 e. The molecule has 1 N–H and O–H groups in total. The summed E-state index contributed by atoms with van der Waals surface area (Å²) >= 11 is 1.47. The van der Waals surface area contributed by atoms with Crippen molar-refractivity contribution < 1.29 is 9.53 Å². The number of thiazole rings is 1. The van der Waals surface area contributed by atoms with Gasteiger partial charge in [0.05, 0.1) is 5.38 Å². The predicted molar refractivity (Wildman–Crippen MR) is 93.0 cm³/mol. The maximum atomic E-state index is 11.2. The lowest BCUT2D eigenvalue weighted by Crippen LogP contribution is -2.31. The fourth-order valence-corrected chi connectivity index (χ4v) is 4.23. The van der Waals surface area contributed by atoms with Crippen molar-refractivity contribution in [2.75, 3.05) is 25.0 Å². The Morgan fingerprint density at radius 1 is 1.43 bits per heavy atom. The van der Waals surface area contributed by atoms with Crippen molar-refractivity contribution in [3.05, 3.63) is 18.0 Å². The number of carbonyl (C=O) groups excluding carboxylic acids is 1. The molecule has 5 nitrogen and oxygen atoms in total. The standard InChI is InChI=1S/C17H25N3O2S/c1-2-16(21)22-15-12-23-17(19-15)18-14-8-9-20(11-14)10-13-6-4-3-5-7-13/h2,12-14H,1,3-11H2,(H,18,19)/t14-/m1/s1. The Hall–Kier alpha value is -1.40. The molecule has 1 aromatic rings. The normalized spacial score (nSPS) is 22.9. The Morgan fingerprint density at radius 2 is 2.26 bits per heavy atom. The summed E-state index contributed by atoms with van der Waals surface area (Å²) in [6.45, 7) is 6.88. The van der Waals surface area contributed by atoms with Crippen LogP contribution in [0.3, 0.4) is 0 Å². The van der Waals surface area contributed by atoms with E-state index in [9.17, 15) is 4.79 Å². The SMILES string of the molecule is C=CC(=O)Oc1csc(N[C@@H]2CCN(CC3CCCCC3)C2)n1. The van der Waals surface area contributed by atoms with Crippen LogP contribution in [0.2, 0.25) is 0 Å². The van der Waals surface area contributed by atoms with E-state index in [2.05, 4.69) is 21.8 Å². The molecule has 1 atom stereocenters. The zero-order chi connectivity index (χ0) is 16.1. The minimum absolute atomic E-state index is 0.347. The first-order valence-corrected chi connectivity index (χ1v) is 9.39. The molecule has 1 aromatic heterocycles. The number of hydrogen-bond donors (Lipinski definition) is 1. The fourth-order valence-electron chi connectivity index (χ4n) is 3.54. The Labute approximate surface area is 141 Å². The number of nitrogens with one attached hydrogen (secondary N) is 1. The summed E-state index contributed by atoms with van der Waals surface area (Å²) in [7, 11) is 0. The third-order valence-corrected chi connectivity index (χ3v) is 5.45. The van der Waals surface area contributed by atoms with Crippen molar-refractivity contribution in [2.45, 2.75) is 44.6 Å². The molecular formula is C17H25N3O2S. The van der Waals surface area contributed by atoms with Crippen molar-refractivity contribution in [1.82, 2.24) is 9.88 Å². The fraction of sp³-hybridized carbons (Fsp3) is 0.647. The van der Waals surface area contributed by atoms with E-state index in [1.807, 2.05) is 0 Å². The van der Waals surface area contributed by atoms with Gasteiger partial charge in [0.2, 0.25) is 5.88 Å². The monoisotopic (exact) mass is 335 g/mol. The maximum Gasteiger partial charge on any atom is 0.336 e. The second-order valence-corrected chi connectivity index (χ2v) is 7.37. The highest BCUT2D eigenvalue weighted by Crippen LogP contribution is 2.27. The van der Waals surface area contributed by atoms with E-state index in [0.717, 1.165) is 36.6 Å². The number of rotatable bonds is 6. The highest BCUT2D eigenvalue weighted by atomic mass is 32.1. The van der Waals surface area contributed by atoms with E-state index in [1.165, 1.54) is 50.0 Å². The van der Waals surface area contributed by atoms with E-state index in [-0.39, 0.29) is 0 Å². The molecule has 0 amide bonds. The second-order valence-electron chi connectivity index (χ2n) is 6.51. The third kappa shape index (κ3) is 4.78. The predicted octanol–water partition coefficient (Wildman–Crippen LogP) is 3.30. The summed E-state index contributed by atoms with van der Waals surface area (Å²) in [5.74, 6) is 0.771. The molecule has 126 valence electrons. The molecule has 0 unspecified atom stereocenters. The molecule has 1 saturated heterocycles. The van der Waals surface area contributed by atoms with E-state index in [0.29, 0.717) is 11.9 Å². The van der Waals surface area contributed by atoms with Gasteiger partial charge in [0.1, 0.15) is 0 Å². The van der Waals surface area contributed by atoms with Crippen LogP contribution in [0.25, 0.3) is 0 Å². The first kappa shape index (κ1) is 16.5. The minimum Gasteiger partial charge on any atom is -0.403 e. The average Bonchev–Trinajstić information content (AvgIpc) is 3.18. The molecule has 0 aromatic carbocycles. The first-order chi connectivity index (χ1) is 11.2. The van der Waals surface area contributed by atoms with Crippen molar-refractivity contribution in [2.24, 2.45) is 5.92 Å². The van der Waals surface area contributed by atoms with Crippen LogP contribution >= 0.6 is 11.3 Å². The molecule has 6 heteroatoms. The molecule has 0 spiro atoms. The summed E-state index contributed by atoms with van der Waals surface area (Å²) in [4.78, 5) is 18.0. The van der Waals surface area contributed by atoms with Crippen LogP contribution in [0.4, 0.5) is 5.13 Å². The lowest BCUT2D eigenvalue weighted by atomic mass is 9.89. The number of hydrogen-bond acceptors (Lipinski definition) is 6. The Morgan fingerprint density at radius 3 is 3.04 bits per heavy atom. The lowest BCUT2D eigenvalue weighted by Gasteiger charge is -2.26. The number of likely N-dealkylation sites (tertiary alicyclic amines) is 1. The van der Waals surface area contributed by atoms with Crippen LogP contribution in [0, 0.1) is 5.92 Å². The van der Waals surface area contributed by atoms with Crippen molar-refractivity contribution in [3.8, 4) is 5.88 Å². The molecule has 1 aliphatic heterocycles. The lowest BCUT2D eigenvalue weighted by molar-refractivity contribution is -0.129. The van der Waals surface area contributed by atoms with Crippen LogP contribution in [0.5, 0.6) is 5.88 Å². The average molecular weight is 335 g/mol. The largest absolute Gasteiger partial charge is 0.403 e. The number of aromatic nitrogens is 1. The molecule has 2 aliphatic rings. The van der Waals surface area contributed by atoms with Gasteiger partial charge in [0.15, 0.2) is 5.13 Å². The molecule has 23 heavy (non-hydrogen) atoms. The van der Waals surface area contributed by atoms with Gasteiger partial charge in [0, 0.05) is 31.8 Å². The molecule has 3 rings (SSSR count). The maximum absolute atomic E-state index is 11.2. The number of carbonyl (C=O) groups is 1. The van der Waals surface area contributed by atoms with Crippen LogP contribution in [0.15, 0.2) is 18.0 Å².